The van der Waals surface area contributed by atoms with Gasteiger partial charge in [-0.05, 0) is 24.6 Å². The van der Waals surface area contributed by atoms with E-state index in [-0.39, 0.29) is 18.7 Å². The highest BCUT2D eigenvalue weighted by molar-refractivity contribution is 9.10. The molecule has 1 aromatic carbocycles. The maximum absolute atomic E-state index is 9.15. The Hall–Kier alpha value is -0.420. The van der Waals surface area contributed by atoms with Gasteiger partial charge in [0.05, 0.1) is 19.3 Å². The summed E-state index contributed by atoms with van der Waals surface area (Å²) in [5, 5.41) is 12.5. The number of methoxy groups -OCH3 is 1. The first kappa shape index (κ1) is 13.6. The van der Waals surface area contributed by atoms with E-state index < -0.39 is 0 Å². The van der Waals surface area contributed by atoms with Crippen LogP contribution in [0.1, 0.15) is 18.5 Å². The van der Waals surface area contributed by atoms with Gasteiger partial charge in [0.2, 0.25) is 0 Å². The van der Waals surface area contributed by atoms with Crippen molar-refractivity contribution in [3.05, 3.63) is 34.3 Å². The molecule has 0 aromatic heterocycles. The van der Waals surface area contributed by atoms with Gasteiger partial charge in [-0.3, -0.25) is 0 Å². The minimum atomic E-state index is -0.0244. The molecule has 16 heavy (non-hydrogen) atoms. The lowest BCUT2D eigenvalue weighted by Gasteiger charge is -2.21. The lowest BCUT2D eigenvalue weighted by atomic mass is 10.1. The largest absolute Gasteiger partial charge is 0.395 e. The van der Waals surface area contributed by atoms with Crippen molar-refractivity contribution >= 4 is 15.9 Å². The van der Waals surface area contributed by atoms with Crippen molar-refractivity contribution in [2.45, 2.75) is 19.0 Å². The zero-order valence-corrected chi connectivity index (χ0v) is 11.2. The third-order valence-corrected chi connectivity index (χ3v) is 2.97. The molecule has 0 saturated heterocycles. The van der Waals surface area contributed by atoms with E-state index >= 15 is 0 Å². The molecule has 0 amide bonds. The molecule has 0 heterocycles. The Morgan fingerprint density at radius 1 is 1.38 bits per heavy atom. The van der Waals surface area contributed by atoms with Gasteiger partial charge in [0.15, 0.2) is 0 Å². The minimum absolute atomic E-state index is 0.0244. The summed E-state index contributed by atoms with van der Waals surface area (Å²) < 4.78 is 6.09. The molecule has 2 atom stereocenters. The number of rotatable bonds is 6. The van der Waals surface area contributed by atoms with Crippen LogP contribution in [0, 0.1) is 0 Å². The Balaban J connectivity index is 2.56. The predicted molar refractivity (Wildman–Crippen MR) is 68.4 cm³/mol. The molecular formula is C12H18BrNO2. The second-order valence-corrected chi connectivity index (χ2v) is 4.69. The van der Waals surface area contributed by atoms with Gasteiger partial charge in [-0.2, -0.15) is 0 Å². The lowest BCUT2D eigenvalue weighted by molar-refractivity contribution is 0.123. The smallest absolute Gasteiger partial charge is 0.0638 e. The van der Waals surface area contributed by atoms with Gasteiger partial charge in [0.25, 0.3) is 0 Å². The van der Waals surface area contributed by atoms with Crippen LogP contribution in [0.2, 0.25) is 0 Å². The van der Waals surface area contributed by atoms with Crippen LogP contribution in [-0.2, 0) is 4.74 Å². The Morgan fingerprint density at radius 2 is 2.00 bits per heavy atom. The van der Waals surface area contributed by atoms with Gasteiger partial charge in [-0.25, -0.2) is 0 Å². The van der Waals surface area contributed by atoms with E-state index in [1.54, 1.807) is 7.11 Å². The fourth-order valence-electron chi connectivity index (χ4n) is 1.56. The van der Waals surface area contributed by atoms with Crippen molar-refractivity contribution in [1.82, 2.24) is 5.32 Å². The van der Waals surface area contributed by atoms with Crippen molar-refractivity contribution in [3.8, 4) is 0 Å². The number of aliphatic hydroxyl groups excluding tert-OH is 1. The molecule has 0 saturated carbocycles. The van der Waals surface area contributed by atoms with Gasteiger partial charge in [0.1, 0.15) is 0 Å². The van der Waals surface area contributed by atoms with E-state index in [4.69, 9.17) is 9.84 Å². The average molecular weight is 288 g/mol. The van der Waals surface area contributed by atoms with Gasteiger partial charge in [-0.1, -0.05) is 28.1 Å². The number of aliphatic hydroxyl groups is 1. The fraction of sp³-hybridized carbons (Fsp3) is 0.500. The first-order valence-electron chi connectivity index (χ1n) is 5.28. The summed E-state index contributed by atoms with van der Waals surface area (Å²) in [6.07, 6.45) is 0. The molecule has 2 N–H and O–H groups in total. The number of hydrogen-bond acceptors (Lipinski definition) is 3. The molecule has 0 fully saturated rings. The van der Waals surface area contributed by atoms with Crippen LogP contribution >= 0.6 is 15.9 Å². The minimum Gasteiger partial charge on any atom is -0.395 e. The quantitative estimate of drug-likeness (QED) is 0.842. The van der Waals surface area contributed by atoms with Crippen molar-refractivity contribution in [2.24, 2.45) is 0 Å². The molecule has 0 spiro atoms. The van der Waals surface area contributed by atoms with Crippen LogP contribution in [0.5, 0.6) is 0 Å². The van der Waals surface area contributed by atoms with Crippen molar-refractivity contribution in [3.63, 3.8) is 0 Å². The maximum Gasteiger partial charge on any atom is 0.0638 e. The highest BCUT2D eigenvalue weighted by Gasteiger charge is 2.12. The van der Waals surface area contributed by atoms with E-state index in [9.17, 15) is 0 Å². The molecule has 0 aliphatic carbocycles. The summed E-state index contributed by atoms with van der Waals surface area (Å²) in [6, 6.07) is 8.31. The van der Waals surface area contributed by atoms with Crippen molar-refractivity contribution < 1.29 is 9.84 Å². The molecule has 0 radical (unpaired) electrons. The Bertz CT molecular complexity index is 302. The van der Waals surface area contributed by atoms with E-state index in [1.807, 2.05) is 12.1 Å². The summed E-state index contributed by atoms with van der Waals surface area (Å²) in [7, 11) is 1.63. The fourth-order valence-corrected chi connectivity index (χ4v) is 1.82. The third kappa shape index (κ3) is 4.22. The molecule has 2 unspecified atom stereocenters. The first-order valence-corrected chi connectivity index (χ1v) is 6.08. The van der Waals surface area contributed by atoms with Crippen LogP contribution in [0.25, 0.3) is 0 Å². The van der Waals surface area contributed by atoms with Crippen LogP contribution < -0.4 is 5.32 Å². The van der Waals surface area contributed by atoms with Gasteiger partial charge in [-0.15, -0.1) is 0 Å². The third-order valence-electron chi connectivity index (χ3n) is 2.44. The first-order chi connectivity index (χ1) is 7.67. The van der Waals surface area contributed by atoms with Crippen molar-refractivity contribution in [1.29, 1.82) is 0 Å². The number of ether oxygens (including phenoxy) is 1. The molecule has 90 valence electrons. The number of halogens is 1. The maximum atomic E-state index is 9.15. The summed E-state index contributed by atoms with van der Waals surface area (Å²) >= 11 is 3.40. The Kier molecular flexibility index (Phi) is 5.98. The highest BCUT2D eigenvalue weighted by Crippen LogP contribution is 2.16. The summed E-state index contributed by atoms with van der Waals surface area (Å²) in [5.41, 5.74) is 1.19. The van der Waals surface area contributed by atoms with Crippen LogP contribution in [0.3, 0.4) is 0 Å². The van der Waals surface area contributed by atoms with Gasteiger partial charge in [0, 0.05) is 17.6 Å². The Labute approximate surface area is 105 Å². The molecule has 4 heteroatoms. The molecular weight excluding hydrogens is 270 g/mol. The summed E-state index contributed by atoms with van der Waals surface area (Å²) in [6.45, 7) is 2.66. The number of hydrogen-bond donors (Lipinski definition) is 2. The van der Waals surface area contributed by atoms with E-state index in [0.29, 0.717) is 6.61 Å². The second-order valence-electron chi connectivity index (χ2n) is 3.77. The average Bonchev–Trinajstić information content (AvgIpc) is 2.29. The van der Waals surface area contributed by atoms with E-state index in [1.165, 1.54) is 5.56 Å². The monoisotopic (exact) mass is 287 g/mol. The molecule has 0 aliphatic rings. The number of benzene rings is 1. The molecule has 0 bridgehead atoms. The SMILES string of the molecule is COCC(CO)NC(C)c1ccc(Br)cc1. The zero-order valence-electron chi connectivity index (χ0n) is 9.61. The number of nitrogens with one attached hydrogen (secondary N) is 1. The molecule has 1 rings (SSSR count). The summed E-state index contributed by atoms with van der Waals surface area (Å²) in [4.78, 5) is 0. The van der Waals surface area contributed by atoms with Crippen LogP contribution in [-0.4, -0.2) is 31.5 Å². The molecule has 0 aliphatic heterocycles. The summed E-state index contributed by atoms with van der Waals surface area (Å²) in [5.74, 6) is 0. The molecule has 3 nitrogen and oxygen atoms in total. The van der Waals surface area contributed by atoms with Gasteiger partial charge < -0.3 is 15.2 Å². The normalized spacial score (nSPS) is 14.8. The lowest BCUT2D eigenvalue weighted by Crippen LogP contribution is -2.38. The van der Waals surface area contributed by atoms with Crippen LogP contribution in [0.4, 0.5) is 0 Å². The van der Waals surface area contributed by atoms with Gasteiger partial charge >= 0.3 is 0 Å². The topological polar surface area (TPSA) is 41.5 Å². The van der Waals surface area contributed by atoms with E-state index in [0.717, 1.165) is 4.47 Å². The second kappa shape index (κ2) is 7.01. The standard InChI is InChI=1S/C12H18BrNO2/c1-9(14-12(7-15)8-16-2)10-3-5-11(13)6-4-10/h3-6,9,12,14-15H,7-8H2,1-2H3. The zero-order chi connectivity index (χ0) is 12.0. The van der Waals surface area contributed by atoms with E-state index in [2.05, 4.69) is 40.3 Å². The predicted octanol–water partition coefficient (Wildman–Crippen LogP) is 2.11. The van der Waals surface area contributed by atoms with Crippen molar-refractivity contribution in [2.75, 3.05) is 20.3 Å². The highest BCUT2D eigenvalue weighted by atomic mass is 79.9. The molecule has 1 aromatic rings. The Morgan fingerprint density at radius 3 is 2.50 bits per heavy atom. The van der Waals surface area contributed by atoms with Crippen LogP contribution in [0.15, 0.2) is 28.7 Å².